The fourth-order valence-electron chi connectivity index (χ4n) is 1.56. The maximum absolute atomic E-state index is 11.2. The van der Waals surface area contributed by atoms with Crippen LogP contribution in [0.2, 0.25) is 0 Å². The lowest BCUT2D eigenvalue weighted by Crippen LogP contribution is -1.93. The second-order valence-corrected chi connectivity index (χ2v) is 3.51. The van der Waals surface area contributed by atoms with E-state index < -0.39 is 5.24 Å². The Labute approximate surface area is 92.4 Å². The predicted molar refractivity (Wildman–Crippen MR) is 60.7 cm³/mol. The molecule has 0 aliphatic heterocycles. The van der Waals surface area contributed by atoms with Gasteiger partial charge in [0.15, 0.2) is 0 Å². The lowest BCUT2D eigenvalue weighted by molar-refractivity contribution is 0.108. The van der Waals surface area contributed by atoms with Crippen molar-refractivity contribution in [2.75, 3.05) is 7.11 Å². The fraction of sp³-hybridized carbons (Fsp3) is 0.0833. The Balaban J connectivity index is 2.80. The van der Waals surface area contributed by atoms with Crippen molar-refractivity contribution in [1.29, 1.82) is 0 Å². The van der Waals surface area contributed by atoms with Gasteiger partial charge >= 0.3 is 0 Å². The Bertz CT molecular complexity index is 520. The van der Waals surface area contributed by atoms with Crippen molar-refractivity contribution in [3.8, 4) is 5.75 Å². The molecule has 0 saturated heterocycles. The molecule has 0 heterocycles. The van der Waals surface area contributed by atoms with Crippen LogP contribution in [0, 0.1) is 0 Å². The second-order valence-electron chi connectivity index (χ2n) is 3.17. The molecule has 0 aliphatic carbocycles. The maximum atomic E-state index is 11.2. The summed E-state index contributed by atoms with van der Waals surface area (Å²) >= 11 is 5.52. The number of benzene rings is 2. The molecule has 0 saturated carbocycles. The highest BCUT2D eigenvalue weighted by Crippen LogP contribution is 2.26. The van der Waals surface area contributed by atoms with Crippen LogP contribution in [0.15, 0.2) is 36.4 Å². The van der Waals surface area contributed by atoms with Crippen LogP contribution in [0.25, 0.3) is 10.8 Å². The molecule has 0 unspecified atom stereocenters. The summed E-state index contributed by atoms with van der Waals surface area (Å²) in [5.41, 5.74) is 0.478. The summed E-state index contributed by atoms with van der Waals surface area (Å²) in [5, 5.41) is 1.32. The number of carbonyl (C=O) groups excluding carboxylic acids is 1. The SMILES string of the molecule is COc1cc(C(=O)Cl)c2ccccc2c1. The predicted octanol–water partition coefficient (Wildman–Crippen LogP) is 3.23. The third-order valence-corrected chi connectivity index (χ3v) is 2.49. The van der Waals surface area contributed by atoms with E-state index in [2.05, 4.69) is 0 Å². The Kier molecular flexibility index (Phi) is 2.60. The van der Waals surface area contributed by atoms with E-state index in [9.17, 15) is 4.79 Å². The van der Waals surface area contributed by atoms with Crippen LogP contribution < -0.4 is 4.74 Å². The largest absolute Gasteiger partial charge is 0.497 e. The lowest BCUT2D eigenvalue weighted by Gasteiger charge is -2.06. The number of methoxy groups -OCH3 is 1. The van der Waals surface area contributed by atoms with E-state index in [-0.39, 0.29) is 0 Å². The number of rotatable bonds is 2. The first-order valence-corrected chi connectivity index (χ1v) is 4.87. The van der Waals surface area contributed by atoms with Crippen molar-refractivity contribution >= 4 is 27.6 Å². The minimum absolute atomic E-state index is 0.467. The van der Waals surface area contributed by atoms with Gasteiger partial charge in [0, 0.05) is 5.56 Å². The Morgan fingerprint density at radius 3 is 2.67 bits per heavy atom. The molecule has 0 spiro atoms. The molecule has 0 aromatic heterocycles. The topological polar surface area (TPSA) is 26.3 Å². The minimum atomic E-state index is -0.467. The molecule has 0 atom stereocenters. The van der Waals surface area contributed by atoms with Crippen molar-refractivity contribution in [3.05, 3.63) is 42.0 Å². The molecule has 3 heteroatoms. The van der Waals surface area contributed by atoms with Gasteiger partial charge in [0.2, 0.25) is 0 Å². The molecule has 2 nitrogen and oxygen atoms in total. The average Bonchev–Trinajstić information content (AvgIpc) is 2.27. The Hall–Kier alpha value is -1.54. The van der Waals surface area contributed by atoms with Crippen LogP contribution >= 0.6 is 11.6 Å². The van der Waals surface area contributed by atoms with Gasteiger partial charge in [0.1, 0.15) is 5.75 Å². The molecule has 2 aromatic rings. The molecule has 15 heavy (non-hydrogen) atoms. The van der Waals surface area contributed by atoms with Crippen molar-refractivity contribution < 1.29 is 9.53 Å². The molecule has 0 fully saturated rings. The summed E-state index contributed by atoms with van der Waals surface area (Å²) in [4.78, 5) is 11.2. The van der Waals surface area contributed by atoms with Crippen LogP contribution in [-0.4, -0.2) is 12.4 Å². The maximum Gasteiger partial charge on any atom is 0.253 e. The van der Waals surface area contributed by atoms with Crippen LogP contribution in [0.1, 0.15) is 10.4 Å². The zero-order valence-corrected chi connectivity index (χ0v) is 8.91. The van der Waals surface area contributed by atoms with E-state index in [1.54, 1.807) is 13.2 Å². The van der Waals surface area contributed by atoms with Gasteiger partial charge in [0.25, 0.3) is 5.24 Å². The number of hydrogen-bond acceptors (Lipinski definition) is 2. The second kappa shape index (κ2) is 3.91. The van der Waals surface area contributed by atoms with E-state index in [1.807, 2.05) is 30.3 Å². The molecular formula is C12H9ClO2. The van der Waals surface area contributed by atoms with E-state index in [0.29, 0.717) is 11.3 Å². The Morgan fingerprint density at radius 2 is 2.00 bits per heavy atom. The first-order valence-electron chi connectivity index (χ1n) is 4.49. The molecule has 0 radical (unpaired) electrons. The van der Waals surface area contributed by atoms with Crippen molar-refractivity contribution in [3.63, 3.8) is 0 Å². The first-order chi connectivity index (χ1) is 7.22. The standard InChI is InChI=1S/C12H9ClO2/c1-15-9-6-8-4-2-3-5-10(8)11(7-9)12(13)14/h2-7H,1H3. The van der Waals surface area contributed by atoms with Crippen LogP contribution in [-0.2, 0) is 0 Å². The minimum Gasteiger partial charge on any atom is -0.497 e. The van der Waals surface area contributed by atoms with Gasteiger partial charge in [-0.25, -0.2) is 0 Å². The highest BCUT2D eigenvalue weighted by Gasteiger charge is 2.09. The van der Waals surface area contributed by atoms with E-state index in [4.69, 9.17) is 16.3 Å². The molecule has 0 amide bonds. The molecule has 0 bridgehead atoms. The van der Waals surface area contributed by atoms with E-state index in [0.717, 1.165) is 10.8 Å². The van der Waals surface area contributed by atoms with Gasteiger partial charge in [-0.15, -0.1) is 0 Å². The van der Waals surface area contributed by atoms with Gasteiger partial charge in [-0.05, 0) is 34.5 Å². The van der Waals surface area contributed by atoms with Gasteiger partial charge in [-0.3, -0.25) is 4.79 Å². The number of hydrogen-bond donors (Lipinski definition) is 0. The van der Waals surface area contributed by atoms with Crippen LogP contribution in [0.5, 0.6) is 5.75 Å². The normalized spacial score (nSPS) is 10.3. The summed E-state index contributed by atoms with van der Waals surface area (Å²) in [7, 11) is 1.56. The van der Waals surface area contributed by atoms with Gasteiger partial charge in [0.05, 0.1) is 7.11 Å². The van der Waals surface area contributed by atoms with Crippen LogP contribution in [0.4, 0.5) is 0 Å². The molecule has 2 aromatic carbocycles. The third kappa shape index (κ3) is 1.81. The third-order valence-electron chi connectivity index (χ3n) is 2.28. The average molecular weight is 221 g/mol. The van der Waals surface area contributed by atoms with Crippen molar-refractivity contribution in [2.45, 2.75) is 0 Å². The van der Waals surface area contributed by atoms with Crippen molar-refractivity contribution in [1.82, 2.24) is 0 Å². The van der Waals surface area contributed by atoms with E-state index >= 15 is 0 Å². The summed E-state index contributed by atoms with van der Waals surface area (Å²) < 4.78 is 5.10. The number of fused-ring (bicyclic) bond motifs is 1. The fourth-order valence-corrected chi connectivity index (χ4v) is 1.72. The molecule has 76 valence electrons. The summed E-state index contributed by atoms with van der Waals surface area (Å²) in [6.07, 6.45) is 0. The van der Waals surface area contributed by atoms with Gasteiger partial charge < -0.3 is 4.74 Å². The summed E-state index contributed by atoms with van der Waals surface area (Å²) in [5.74, 6) is 0.637. The number of halogens is 1. The zero-order valence-electron chi connectivity index (χ0n) is 8.16. The quantitative estimate of drug-likeness (QED) is 0.727. The Morgan fingerprint density at radius 1 is 1.27 bits per heavy atom. The van der Waals surface area contributed by atoms with Gasteiger partial charge in [-0.2, -0.15) is 0 Å². The smallest absolute Gasteiger partial charge is 0.253 e. The monoisotopic (exact) mass is 220 g/mol. The first kappa shape index (κ1) is 9.99. The van der Waals surface area contributed by atoms with Crippen LogP contribution in [0.3, 0.4) is 0 Å². The van der Waals surface area contributed by atoms with Crippen molar-refractivity contribution in [2.24, 2.45) is 0 Å². The highest BCUT2D eigenvalue weighted by atomic mass is 35.5. The number of carbonyl (C=O) groups is 1. The van der Waals surface area contributed by atoms with E-state index in [1.165, 1.54) is 0 Å². The summed E-state index contributed by atoms with van der Waals surface area (Å²) in [6, 6.07) is 11.1. The zero-order chi connectivity index (χ0) is 10.8. The summed E-state index contributed by atoms with van der Waals surface area (Å²) in [6.45, 7) is 0. The molecular weight excluding hydrogens is 212 g/mol. The molecule has 0 N–H and O–H groups in total. The number of ether oxygens (including phenoxy) is 1. The molecule has 2 rings (SSSR count). The van der Waals surface area contributed by atoms with Gasteiger partial charge in [-0.1, -0.05) is 24.3 Å². The lowest BCUT2D eigenvalue weighted by atomic mass is 10.0. The molecule has 0 aliphatic rings. The highest BCUT2D eigenvalue weighted by molar-refractivity contribution is 6.68.